The molecule has 3 aromatic carbocycles. The summed E-state index contributed by atoms with van der Waals surface area (Å²) >= 11 is 6.35. The number of pyridine rings is 1. The number of hydrogen-bond acceptors (Lipinski definition) is 4. The Morgan fingerprint density at radius 1 is 1.06 bits per heavy atom. The number of methoxy groups -OCH3 is 1. The molecule has 1 heterocycles. The van der Waals surface area contributed by atoms with Gasteiger partial charge in [0.2, 0.25) is 5.43 Å². The lowest BCUT2D eigenvalue weighted by molar-refractivity contribution is 0.0525. The molecule has 0 unspecified atom stereocenters. The van der Waals surface area contributed by atoms with Crippen LogP contribution in [0.5, 0.6) is 5.75 Å². The van der Waals surface area contributed by atoms with Gasteiger partial charge in [-0.15, -0.1) is 0 Å². The molecule has 162 valence electrons. The van der Waals surface area contributed by atoms with Crippen LogP contribution in [0.1, 0.15) is 17.3 Å². The van der Waals surface area contributed by atoms with Gasteiger partial charge in [0.1, 0.15) is 5.56 Å². The highest BCUT2D eigenvalue weighted by atomic mass is 35.5. The number of hydrogen-bond donors (Lipinski definition) is 1. The molecule has 0 spiro atoms. The minimum atomic E-state index is -0.787. The van der Waals surface area contributed by atoms with Gasteiger partial charge in [0.25, 0.3) is 0 Å². The van der Waals surface area contributed by atoms with Crippen molar-refractivity contribution in [3.05, 3.63) is 87.3 Å². The third kappa shape index (κ3) is 3.85. The van der Waals surface area contributed by atoms with Crippen molar-refractivity contribution in [2.75, 3.05) is 13.7 Å². The van der Waals surface area contributed by atoms with Crippen LogP contribution < -0.4 is 10.2 Å². The fourth-order valence-electron chi connectivity index (χ4n) is 3.60. The van der Waals surface area contributed by atoms with E-state index in [0.29, 0.717) is 16.1 Å². The van der Waals surface area contributed by atoms with Crippen LogP contribution in [0.3, 0.4) is 0 Å². The molecule has 0 radical (unpaired) electrons. The number of rotatable bonds is 5. The topological polar surface area (TPSA) is 68.4 Å². The summed E-state index contributed by atoms with van der Waals surface area (Å²) in [5, 5.41) is 0.597. The molecule has 4 aromatic rings. The number of H-pyrrole nitrogens is 1. The number of benzene rings is 3. The van der Waals surface area contributed by atoms with Gasteiger partial charge in [-0.1, -0.05) is 48.0 Å². The van der Waals surface area contributed by atoms with Crippen LogP contribution in [0.15, 0.2) is 65.5 Å². The smallest absolute Gasteiger partial charge is 0.344 e. The summed E-state index contributed by atoms with van der Waals surface area (Å²) in [7, 11) is 1.34. The molecule has 4 rings (SSSR count). The van der Waals surface area contributed by atoms with Crippen LogP contribution in [0, 0.1) is 5.82 Å². The summed E-state index contributed by atoms with van der Waals surface area (Å²) in [6, 6.07) is 17.1. The zero-order valence-electron chi connectivity index (χ0n) is 17.4. The summed E-state index contributed by atoms with van der Waals surface area (Å²) in [4.78, 5) is 29.1. The van der Waals surface area contributed by atoms with Gasteiger partial charge in [-0.2, -0.15) is 0 Å². The van der Waals surface area contributed by atoms with Gasteiger partial charge >= 0.3 is 5.97 Å². The number of halogens is 2. The van der Waals surface area contributed by atoms with Crippen LogP contribution >= 0.6 is 11.6 Å². The number of nitrogens with one attached hydrogen (secondary N) is 1. The zero-order chi connectivity index (χ0) is 22.8. The van der Waals surface area contributed by atoms with Crippen molar-refractivity contribution >= 4 is 28.5 Å². The van der Waals surface area contributed by atoms with Crippen LogP contribution in [0.2, 0.25) is 5.02 Å². The molecule has 1 aromatic heterocycles. The molecule has 0 aliphatic rings. The largest absolute Gasteiger partial charge is 0.494 e. The number of fused-ring (bicyclic) bond motifs is 1. The maximum Gasteiger partial charge on any atom is 0.344 e. The summed E-state index contributed by atoms with van der Waals surface area (Å²) < 4.78 is 24.4. The summed E-state index contributed by atoms with van der Waals surface area (Å²) in [6.45, 7) is 1.74. The van der Waals surface area contributed by atoms with Crippen LogP contribution in [0.25, 0.3) is 33.3 Å². The lowest BCUT2D eigenvalue weighted by atomic mass is 9.98. The predicted molar refractivity (Wildman–Crippen MR) is 123 cm³/mol. The molecule has 0 atom stereocenters. The fraction of sp³-hybridized carbons (Fsp3) is 0.120. The Labute approximate surface area is 188 Å². The van der Waals surface area contributed by atoms with E-state index in [2.05, 4.69) is 4.98 Å². The van der Waals surface area contributed by atoms with Gasteiger partial charge in [-0.3, -0.25) is 4.79 Å². The van der Waals surface area contributed by atoms with E-state index in [4.69, 9.17) is 21.1 Å². The molecule has 0 amide bonds. The van der Waals surface area contributed by atoms with Gasteiger partial charge in [0.15, 0.2) is 11.6 Å². The van der Waals surface area contributed by atoms with Gasteiger partial charge in [0.05, 0.1) is 24.9 Å². The van der Waals surface area contributed by atoms with Crippen molar-refractivity contribution in [3.8, 4) is 28.1 Å². The highest BCUT2D eigenvalue weighted by Gasteiger charge is 2.23. The monoisotopic (exact) mass is 451 g/mol. The molecule has 0 aliphatic heterocycles. The molecular weight excluding hydrogens is 433 g/mol. The first-order chi connectivity index (χ1) is 15.4. The Morgan fingerprint density at radius 3 is 2.53 bits per heavy atom. The van der Waals surface area contributed by atoms with Gasteiger partial charge in [0, 0.05) is 22.0 Å². The molecule has 7 heteroatoms. The number of esters is 1. The molecule has 0 fully saturated rings. The lowest BCUT2D eigenvalue weighted by Gasteiger charge is -2.13. The Balaban J connectivity index is 2.01. The summed E-state index contributed by atoms with van der Waals surface area (Å²) in [5.74, 6) is -1.51. The van der Waals surface area contributed by atoms with Gasteiger partial charge < -0.3 is 14.5 Å². The highest BCUT2D eigenvalue weighted by Crippen LogP contribution is 2.32. The Kier molecular flexibility index (Phi) is 5.97. The molecular formula is C25H19ClFNO4. The second kappa shape index (κ2) is 8.85. The molecule has 0 bridgehead atoms. The average Bonchev–Trinajstić information content (AvgIpc) is 2.79. The number of aromatic amines is 1. The minimum absolute atomic E-state index is 0.0206. The van der Waals surface area contributed by atoms with E-state index in [-0.39, 0.29) is 29.0 Å². The number of ether oxygens (including phenoxy) is 2. The third-order valence-electron chi connectivity index (χ3n) is 5.09. The summed E-state index contributed by atoms with van der Waals surface area (Å²) in [6.07, 6.45) is 0. The normalized spacial score (nSPS) is 10.9. The Hall–Kier alpha value is -3.64. The van der Waals surface area contributed by atoms with Crippen molar-refractivity contribution in [1.29, 1.82) is 0 Å². The second-order valence-electron chi connectivity index (χ2n) is 7.02. The van der Waals surface area contributed by atoms with Crippen LogP contribution in [0.4, 0.5) is 4.39 Å². The van der Waals surface area contributed by atoms with Crippen LogP contribution in [-0.2, 0) is 4.74 Å². The lowest BCUT2D eigenvalue weighted by Crippen LogP contribution is -2.20. The fourth-order valence-corrected chi connectivity index (χ4v) is 3.84. The maximum absolute atomic E-state index is 14.3. The molecule has 32 heavy (non-hydrogen) atoms. The first-order valence-electron chi connectivity index (χ1n) is 9.90. The van der Waals surface area contributed by atoms with Crippen molar-refractivity contribution < 1.29 is 18.7 Å². The zero-order valence-corrected chi connectivity index (χ0v) is 18.1. The maximum atomic E-state index is 14.3. The van der Waals surface area contributed by atoms with E-state index in [0.717, 1.165) is 17.2 Å². The van der Waals surface area contributed by atoms with E-state index < -0.39 is 17.2 Å². The third-order valence-corrected chi connectivity index (χ3v) is 5.42. The Bertz CT molecular complexity index is 1400. The van der Waals surface area contributed by atoms with E-state index in [1.807, 2.05) is 30.3 Å². The SMILES string of the molecule is CCOC(=O)c1c(-c2cccc(-c3ccccc3Cl)c2)[nH]c2cc(OC)c(F)cc2c1=O. The number of aromatic nitrogens is 1. The van der Waals surface area contributed by atoms with Gasteiger partial charge in [-0.05, 0) is 36.2 Å². The molecule has 1 N–H and O–H groups in total. The molecule has 0 aliphatic carbocycles. The van der Waals surface area contributed by atoms with Gasteiger partial charge in [-0.25, -0.2) is 9.18 Å². The quantitative estimate of drug-likeness (QED) is 0.387. The first-order valence-corrected chi connectivity index (χ1v) is 10.3. The van der Waals surface area contributed by atoms with Crippen molar-refractivity contribution in [1.82, 2.24) is 4.98 Å². The standard InChI is InChI=1S/C25H19ClFNO4/c1-3-32-25(30)22-23(28-20-13-21(31-2)19(27)12-17(20)24(22)29)15-8-6-7-14(11-15)16-9-4-5-10-18(16)26/h4-13H,3H2,1-2H3,(H,28,29). The van der Waals surface area contributed by atoms with E-state index in [1.54, 1.807) is 25.1 Å². The van der Waals surface area contributed by atoms with E-state index in [1.165, 1.54) is 13.2 Å². The van der Waals surface area contributed by atoms with E-state index >= 15 is 0 Å². The molecule has 5 nitrogen and oxygen atoms in total. The van der Waals surface area contributed by atoms with E-state index in [9.17, 15) is 14.0 Å². The second-order valence-corrected chi connectivity index (χ2v) is 7.42. The minimum Gasteiger partial charge on any atom is -0.494 e. The van der Waals surface area contributed by atoms with Crippen molar-refractivity contribution in [3.63, 3.8) is 0 Å². The summed E-state index contributed by atoms with van der Waals surface area (Å²) in [5.41, 5.74) is 1.97. The first kappa shape index (κ1) is 21.6. The van der Waals surface area contributed by atoms with Crippen LogP contribution in [-0.4, -0.2) is 24.7 Å². The number of carbonyl (C=O) groups excluding carboxylic acids is 1. The average molecular weight is 452 g/mol. The van der Waals surface area contributed by atoms with Crippen molar-refractivity contribution in [2.45, 2.75) is 6.92 Å². The molecule has 0 saturated carbocycles. The Morgan fingerprint density at radius 2 is 1.81 bits per heavy atom. The molecule has 0 saturated heterocycles. The predicted octanol–water partition coefficient (Wildman–Crippen LogP) is 5.84. The highest BCUT2D eigenvalue weighted by molar-refractivity contribution is 6.33. The van der Waals surface area contributed by atoms with Crippen molar-refractivity contribution in [2.24, 2.45) is 0 Å². The number of carbonyl (C=O) groups is 1.